The van der Waals surface area contributed by atoms with E-state index in [1.165, 1.54) is 6.92 Å². The number of rotatable bonds is 5. The highest BCUT2D eigenvalue weighted by atomic mass is 16.5. The number of nitrogens with zero attached hydrogens (tertiary/aromatic N) is 4. The molecule has 0 saturated carbocycles. The Hall–Kier alpha value is -3.81. The monoisotopic (exact) mass is 419 g/mol. The van der Waals surface area contributed by atoms with Crippen LogP contribution in [0.15, 0.2) is 60.7 Å². The highest BCUT2D eigenvalue weighted by molar-refractivity contribution is 5.95. The van der Waals surface area contributed by atoms with E-state index >= 15 is 0 Å². The van der Waals surface area contributed by atoms with Crippen LogP contribution in [0.5, 0.6) is 5.75 Å². The summed E-state index contributed by atoms with van der Waals surface area (Å²) in [5, 5.41) is 7.25. The molecule has 2 aromatic carbocycles. The average molecular weight is 419 g/mol. The van der Waals surface area contributed by atoms with Crippen molar-refractivity contribution in [2.24, 2.45) is 0 Å². The van der Waals surface area contributed by atoms with Crippen LogP contribution in [-0.2, 0) is 4.79 Å². The van der Waals surface area contributed by atoms with E-state index in [0.717, 1.165) is 30.2 Å². The number of benzene rings is 2. The second-order valence-corrected chi connectivity index (χ2v) is 7.32. The Kier molecular flexibility index (Phi) is 5.88. The molecule has 8 heteroatoms. The summed E-state index contributed by atoms with van der Waals surface area (Å²) < 4.78 is 6.80. The molecule has 0 atom stereocenters. The maximum absolute atomic E-state index is 13.1. The molecule has 3 aromatic rings. The summed E-state index contributed by atoms with van der Waals surface area (Å²) in [5.74, 6) is 0.931. The van der Waals surface area contributed by atoms with Gasteiger partial charge in [-0.15, -0.1) is 0 Å². The zero-order chi connectivity index (χ0) is 21.8. The molecule has 4 rings (SSSR count). The third-order valence-electron chi connectivity index (χ3n) is 5.24. The SMILES string of the molecule is COc1ccc(N2CCN(C(=O)c3cc(NC(C)=O)n(-c4ccccc4)n3)CC2)cc1. The Balaban J connectivity index is 1.48. The molecular formula is C23H25N5O3. The fourth-order valence-corrected chi connectivity index (χ4v) is 3.64. The summed E-state index contributed by atoms with van der Waals surface area (Å²) in [7, 11) is 1.65. The standard InChI is InChI=1S/C23H25N5O3/c1-17(29)24-22-16-21(25-28(22)19-6-4-3-5-7-19)23(30)27-14-12-26(13-15-27)18-8-10-20(31-2)11-9-18/h3-11,16H,12-15H2,1-2H3,(H,24,29). The van der Waals surface area contributed by atoms with Crippen molar-refractivity contribution in [3.63, 3.8) is 0 Å². The van der Waals surface area contributed by atoms with Crippen LogP contribution in [0, 0.1) is 0 Å². The van der Waals surface area contributed by atoms with Crippen LogP contribution >= 0.6 is 0 Å². The van der Waals surface area contributed by atoms with Crippen LogP contribution in [0.3, 0.4) is 0 Å². The molecule has 160 valence electrons. The van der Waals surface area contributed by atoms with Gasteiger partial charge in [0.2, 0.25) is 5.91 Å². The lowest BCUT2D eigenvalue weighted by molar-refractivity contribution is -0.114. The second-order valence-electron chi connectivity index (χ2n) is 7.32. The first-order chi connectivity index (χ1) is 15.0. The van der Waals surface area contributed by atoms with E-state index < -0.39 is 0 Å². The number of carbonyl (C=O) groups excluding carboxylic acids is 2. The number of nitrogens with one attached hydrogen (secondary N) is 1. The quantitative estimate of drug-likeness (QED) is 0.688. The van der Waals surface area contributed by atoms with Gasteiger partial charge in [0.05, 0.1) is 12.8 Å². The number of methoxy groups -OCH3 is 1. The zero-order valence-electron chi connectivity index (χ0n) is 17.6. The van der Waals surface area contributed by atoms with Gasteiger partial charge in [0.25, 0.3) is 5.91 Å². The molecule has 0 bridgehead atoms. The van der Waals surface area contributed by atoms with Crippen molar-refractivity contribution < 1.29 is 14.3 Å². The molecule has 1 fully saturated rings. The molecule has 2 heterocycles. The van der Waals surface area contributed by atoms with Gasteiger partial charge in [0.1, 0.15) is 11.6 Å². The lowest BCUT2D eigenvalue weighted by atomic mass is 10.2. The number of piperazine rings is 1. The summed E-state index contributed by atoms with van der Waals surface area (Å²) in [4.78, 5) is 28.8. The minimum absolute atomic E-state index is 0.143. The fourth-order valence-electron chi connectivity index (χ4n) is 3.64. The van der Waals surface area contributed by atoms with Gasteiger partial charge in [-0.1, -0.05) is 18.2 Å². The van der Waals surface area contributed by atoms with Crippen LogP contribution in [-0.4, -0.2) is 59.8 Å². The maximum Gasteiger partial charge on any atom is 0.274 e. The van der Waals surface area contributed by atoms with E-state index in [9.17, 15) is 9.59 Å². The van der Waals surface area contributed by atoms with E-state index in [1.54, 1.807) is 22.8 Å². The number of hydrogen-bond donors (Lipinski definition) is 1. The molecule has 1 aromatic heterocycles. The summed E-state index contributed by atoms with van der Waals surface area (Å²) in [6.07, 6.45) is 0. The van der Waals surface area contributed by atoms with Crippen molar-refractivity contribution >= 4 is 23.3 Å². The van der Waals surface area contributed by atoms with Crippen LogP contribution in [0.1, 0.15) is 17.4 Å². The Bertz CT molecular complexity index is 1050. The molecule has 0 spiro atoms. The summed E-state index contributed by atoms with van der Waals surface area (Å²) in [6.45, 7) is 4.09. The first kappa shape index (κ1) is 20.5. The Morgan fingerprint density at radius 1 is 0.935 bits per heavy atom. The molecule has 2 amide bonds. The predicted molar refractivity (Wildman–Crippen MR) is 119 cm³/mol. The minimum atomic E-state index is -0.218. The third-order valence-corrected chi connectivity index (χ3v) is 5.24. The first-order valence-corrected chi connectivity index (χ1v) is 10.2. The topological polar surface area (TPSA) is 79.7 Å². The lowest BCUT2D eigenvalue weighted by Crippen LogP contribution is -2.48. The van der Waals surface area contributed by atoms with Gasteiger partial charge in [0, 0.05) is 44.9 Å². The minimum Gasteiger partial charge on any atom is -0.497 e. The number of carbonyl (C=O) groups is 2. The molecule has 1 aliphatic heterocycles. The van der Waals surface area contributed by atoms with E-state index in [1.807, 2.05) is 54.6 Å². The van der Waals surface area contributed by atoms with Crippen molar-refractivity contribution in [2.45, 2.75) is 6.92 Å². The molecule has 8 nitrogen and oxygen atoms in total. The molecule has 1 N–H and O–H groups in total. The van der Waals surface area contributed by atoms with Gasteiger partial charge in [-0.25, -0.2) is 4.68 Å². The summed E-state index contributed by atoms with van der Waals surface area (Å²) in [6, 6.07) is 19.0. The van der Waals surface area contributed by atoms with Crippen LogP contribution in [0.25, 0.3) is 5.69 Å². The summed E-state index contributed by atoms with van der Waals surface area (Å²) >= 11 is 0. The number of amides is 2. The molecule has 0 radical (unpaired) electrons. The number of aromatic nitrogens is 2. The van der Waals surface area contributed by atoms with Crippen LogP contribution < -0.4 is 15.0 Å². The van der Waals surface area contributed by atoms with Gasteiger partial charge < -0.3 is 19.9 Å². The van der Waals surface area contributed by atoms with Gasteiger partial charge >= 0.3 is 0 Å². The average Bonchev–Trinajstić information content (AvgIpc) is 3.22. The number of hydrogen-bond acceptors (Lipinski definition) is 5. The van der Waals surface area contributed by atoms with E-state index in [4.69, 9.17) is 4.74 Å². The number of anilines is 2. The van der Waals surface area contributed by atoms with Crippen LogP contribution in [0.4, 0.5) is 11.5 Å². The normalized spacial score (nSPS) is 13.7. The highest BCUT2D eigenvalue weighted by Crippen LogP contribution is 2.22. The molecule has 1 aliphatic rings. The predicted octanol–water partition coefficient (Wildman–Crippen LogP) is 2.80. The summed E-state index contributed by atoms with van der Waals surface area (Å²) in [5.41, 5.74) is 2.19. The molecule has 0 unspecified atom stereocenters. The second kappa shape index (κ2) is 8.91. The van der Waals surface area contributed by atoms with Gasteiger partial charge in [0.15, 0.2) is 5.69 Å². The van der Waals surface area contributed by atoms with Crippen LogP contribution in [0.2, 0.25) is 0 Å². The number of ether oxygens (including phenoxy) is 1. The van der Waals surface area contributed by atoms with Gasteiger partial charge in [-0.3, -0.25) is 9.59 Å². The van der Waals surface area contributed by atoms with E-state index in [0.29, 0.717) is 24.6 Å². The Morgan fingerprint density at radius 3 is 2.23 bits per heavy atom. The van der Waals surface area contributed by atoms with Crippen molar-refractivity contribution in [1.82, 2.24) is 14.7 Å². The molecule has 0 aliphatic carbocycles. The Morgan fingerprint density at radius 2 is 1.61 bits per heavy atom. The van der Waals surface area contributed by atoms with Crippen molar-refractivity contribution in [3.8, 4) is 11.4 Å². The Labute approximate surface area is 181 Å². The van der Waals surface area contributed by atoms with Crippen molar-refractivity contribution in [2.75, 3.05) is 43.5 Å². The van der Waals surface area contributed by atoms with Gasteiger partial charge in [-0.05, 0) is 36.4 Å². The third kappa shape index (κ3) is 4.53. The van der Waals surface area contributed by atoms with E-state index in [-0.39, 0.29) is 11.8 Å². The molecular weight excluding hydrogens is 394 g/mol. The fraction of sp³-hybridized carbons (Fsp3) is 0.261. The van der Waals surface area contributed by atoms with Crippen molar-refractivity contribution in [1.29, 1.82) is 0 Å². The molecule has 1 saturated heterocycles. The first-order valence-electron chi connectivity index (χ1n) is 10.2. The van der Waals surface area contributed by atoms with E-state index in [2.05, 4.69) is 15.3 Å². The number of para-hydroxylation sites is 1. The smallest absolute Gasteiger partial charge is 0.274 e. The lowest BCUT2D eigenvalue weighted by Gasteiger charge is -2.35. The largest absolute Gasteiger partial charge is 0.497 e. The molecule has 31 heavy (non-hydrogen) atoms. The van der Waals surface area contributed by atoms with Gasteiger partial charge in [-0.2, -0.15) is 5.10 Å². The highest BCUT2D eigenvalue weighted by Gasteiger charge is 2.25. The van der Waals surface area contributed by atoms with Crippen molar-refractivity contribution in [3.05, 3.63) is 66.4 Å². The maximum atomic E-state index is 13.1. The zero-order valence-corrected chi connectivity index (χ0v) is 17.6.